The number of fused-ring (bicyclic) bond motifs is 1. The second kappa shape index (κ2) is 11.2. The van der Waals surface area contributed by atoms with Gasteiger partial charge in [-0.3, -0.25) is 9.69 Å². The number of hydrogen-bond acceptors (Lipinski definition) is 7. The number of nitrogens with one attached hydrogen (secondary N) is 2. The van der Waals surface area contributed by atoms with Crippen LogP contribution in [0.25, 0.3) is 10.9 Å². The van der Waals surface area contributed by atoms with E-state index in [1.807, 2.05) is 13.1 Å². The molecule has 1 fully saturated rings. The summed E-state index contributed by atoms with van der Waals surface area (Å²) in [5.41, 5.74) is 0.885. The lowest BCUT2D eigenvalue weighted by atomic mass is 10.1. The lowest BCUT2D eigenvalue weighted by Crippen LogP contribution is -2.23. The fourth-order valence-corrected chi connectivity index (χ4v) is 4.23. The van der Waals surface area contributed by atoms with E-state index in [-0.39, 0.29) is 52.5 Å². The molecule has 4 rings (SSSR count). The summed E-state index contributed by atoms with van der Waals surface area (Å²) in [6.07, 6.45) is 6.78. The summed E-state index contributed by atoms with van der Waals surface area (Å²) in [6, 6.07) is 6.44. The molecule has 0 spiro atoms. The SMILES string of the molecule is CN1CCCC1C=CC(=O)Nc1ccc2ncnc(Nc3ccc(Cl)c(Cl)c3F)c2c1OCCO. The van der Waals surface area contributed by atoms with Crippen molar-refractivity contribution in [2.75, 3.05) is 37.4 Å². The van der Waals surface area contributed by atoms with Gasteiger partial charge in [-0.2, -0.15) is 0 Å². The van der Waals surface area contributed by atoms with Crippen molar-refractivity contribution < 1.29 is 19.0 Å². The van der Waals surface area contributed by atoms with E-state index in [1.54, 1.807) is 12.1 Å². The number of ether oxygens (including phenoxy) is 1. The third-order valence-corrected chi connectivity index (χ3v) is 6.47. The normalized spacial score (nSPS) is 16.2. The molecule has 3 aromatic rings. The fourth-order valence-electron chi connectivity index (χ4n) is 3.91. The van der Waals surface area contributed by atoms with Crippen LogP contribution in [-0.2, 0) is 4.79 Å². The van der Waals surface area contributed by atoms with Gasteiger partial charge >= 0.3 is 0 Å². The topological polar surface area (TPSA) is 99.6 Å². The Balaban J connectivity index is 1.70. The van der Waals surface area contributed by atoms with Gasteiger partial charge in [-0.25, -0.2) is 14.4 Å². The molecule has 1 atom stereocenters. The van der Waals surface area contributed by atoms with Gasteiger partial charge in [-0.15, -0.1) is 0 Å². The third-order valence-electron chi connectivity index (χ3n) is 5.69. The Labute approximate surface area is 211 Å². The van der Waals surface area contributed by atoms with Crippen molar-refractivity contribution in [3.63, 3.8) is 0 Å². The Morgan fingerprint density at radius 3 is 2.83 bits per heavy atom. The highest BCUT2D eigenvalue weighted by Crippen LogP contribution is 2.39. The molecule has 35 heavy (non-hydrogen) atoms. The van der Waals surface area contributed by atoms with E-state index in [0.717, 1.165) is 19.4 Å². The molecule has 0 radical (unpaired) electrons. The van der Waals surface area contributed by atoms with Crippen LogP contribution in [0.4, 0.5) is 21.6 Å². The maximum absolute atomic E-state index is 14.7. The molecule has 0 aliphatic carbocycles. The first-order valence-corrected chi connectivity index (χ1v) is 11.8. The van der Waals surface area contributed by atoms with E-state index >= 15 is 0 Å². The molecule has 0 saturated carbocycles. The lowest BCUT2D eigenvalue weighted by molar-refractivity contribution is -0.111. The quantitative estimate of drug-likeness (QED) is 0.291. The van der Waals surface area contributed by atoms with Gasteiger partial charge in [-0.1, -0.05) is 29.3 Å². The minimum atomic E-state index is -0.741. The van der Waals surface area contributed by atoms with Gasteiger partial charge in [0.1, 0.15) is 18.8 Å². The minimum Gasteiger partial charge on any atom is -0.488 e. The molecule has 1 unspecified atom stereocenters. The number of benzene rings is 2. The molecule has 2 heterocycles. The third kappa shape index (κ3) is 5.65. The van der Waals surface area contributed by atoms with Crippen molar-refractivity contribution in [3.05, 3.63) is 58.6 Å². The predicted octanol–water partition coefficient (Wildman–Crippen LogP) is 4.78. The summed E-state index contributed by atoms with van der Waals surface area (Å²) in [7, 11) is 2.02. The van der Waals surface area contributed by atoms with Crippen LogP contribution in [-0.4, -0.2) is 58.7 Å². The minimum absolute atomic E-state index is 0.0415. The first kappa shape index (κ1) is 25.1. The van der Waals surface area contributed by atoms with Crippen molar-refractivity contribution >= 4 is 57.2 Å². The first-order chi connectivity index (χ1) is 16.9. The number of likely N-dealkylation sites (N-methyl/N-ethyl adjacent to an activating group) is 1. The van der Waals surface area contributed by atoms with Crippen molar-refractivity contribution in [3.8, 4) is 5.75 Å². The molecule has 1 aliphatic heterocycles. The second-order valence-electron chi connectivity index (χ2n) is 8.02. The summed E-state index contributed by atoms with van der Waals surface area (Å²) in [6.45, 7) is 0.700. The highest BCUT2D eigenvalue weighted by Gasteiger charge is 2.20. The number of hydrogen-bond donors (Lipinski definition) is 3. The van der Waals surface area contributed by atoms with E-state index in [9.17, 15) is 14.3 Å². The van der Waals surface area contributed by atoms with Crippen LogP contribution in [0.15, 0.2) is 42.7 Å². The summed E-state index contributed by atoms with van der Waals surface area (Å²) < 4.78 is 20.5. The number of halogens is 3. The number of anilines is 3. The van der Waals surface area contributed by atoms with E-state index in [4.69, 9.17) is 27.9 Å². The van der Waals surface area contributed by atoms with Crippen LogP contribution in [0.5, 0.6) is 5.75 Å². The Kier molecular flexibility index (Phi) is 8.02. The van der Waals surface area contributed by atoms with E-state index in [2.05, 4.69) is 25.5 Å². The van der Waals surface area contributed by atoms with E-state index < -0.39 is 5.82 Å². The number of likely N-dealkylation sites (tertiary alicyclic amines) is 1. The number of carbonyl (C=O) groups excluding carboxylic acids is 1. The molecule has 8 nitrogen and oxygen atoms in total. The maximum Gasteiger partial charge on any atom is 0.248 e. The molecular formula is C24H24Cl2FN5O3. The Morgan fingerprint density at radius 2 is 2.09 bits per heavy atom. The zero-order valence-corrected chi connectivity index (χ0v) is 20.4. The van der Waals surface area contributed by atoms with Crippen LogP contribution >= 0.6 is 23.2 Å². The van der Waals surface area contributed by atoms with Crippen LogP contribution in [0.2, 0.25) is 10.0 Å². The molecule has 1 aliphatic rings. The van der Waals surface area contributed by atoms with Gasteiger partial charge in [-0.05, 0) is 50.7 Å². The molecular weight excluding hydrogens is 496 g/mol. The monoisotopic (exact) mass is 519 g/mol. The number of nitrogens with zero attached hydrogens (tertiary/aromatic N) is 3. The second-order valence-corrected chi connectivity index (χ2v) is 8.80. The van der Waals surface area contributed by atoms with Gasteiger partial charge < -0.3 is 20.5 Å². The molecule has 1 amide bonds. The average Bonchev–Trinajstić information content (AvgIpc) is 3.27. The average molecular weight is 520 g/mol. The van der Waals surface area contributed by atoms with Crippen molar-refractivity contribution in [1.82, 2.24) is 14.9 Å². The Bertz CT molecular complexity index is 1270. The molecule has 184 valence electrons. The Hall–Kier alpha value is -2.98. The standard InChI is InChI=1S/C24H24Cl2FN5O3/c1-32-10-2-3-14(32)4-9-19(34)30-18-8-7-16-20(23(18)35-12-11-33)24(29-13-28-16)31-17-6-5-15(25)21(26)22(17)27/h4-9,13-14,33H,2-3,10-12H2,1H3,(H,30,34)(H,28,29,31). The number of rotatable bonds is 8. The maximum atomic E-state index is 14.7. The van der Waals surface area contributed by atoms with Gasteiger partial charge in [0.15, 0.2) is 11.6 Å². The first-order valence-electron chi connectivity index (χ1n) is 11.0. The molecule has 11 heteroatoms. The predicted molar refractivity (Wildman–Crippen MR) is 135 cm³/mol. The number of amides is 1. The molecule has 0 bridgehead atoms. The number of aliphatic hydroxyl groups excluding tert-OH is 1. The van der Waals surface area contributed by atoms with Crippen molar-refractivity contribution in [2.24, 2.45) is 0 Å². The van der Waals surface area contributed by atoms with Crippen LogP contribution < -0.4 is 15.4 Å². The zero-order chi connectivity index (χ0) is 24.9. The summed E-state index contributed by atoms with van der Waals surface area (Å²) in [5, 5.41) is 15.3. The lowest BCUT2D eigenvalue weighted by Gasteiger charge is -2.17. The Morgan fingerprint density at radius 1 is 1.29 bits per heavy atom. The van der Waals surface area contributed by atoms with E-state index in [1.165, 1.54) is 24.5 Å². The fraction of sp³-hybridized carbons (Fsp3) is 0.292. The van der Waals surface area contributed by atoms with Gasteiger partial charge in [0.25, 0.3) is 0 Å². The largest absolute Gasteiger partial charge is 0.488 e. The number of carbonyl (C=O) groups is 1. The van der Waals surface area contributed by atoms with E-state index in [0.29, 0.717) is 16.6 Å². The summed E-state index contributed by atoms with van der Waals surface area (Å²) in [4.78, 5) is 23.4. The van der Waals surface area contributed by atoms with Crippen LogP contribution in [0, 0.1) is 5.82 Å². The summed E-state index contributed by atoms with van der Waals surface area (Å²) >= 11 is 11.8. The number of aliphatic hydroxyl groups is 1. The van der Waals surface area contributed by atoms with Crippen LogP contribution in [0.1, 0.15) is 12.8 Å². The highest BCUT2D eigenvalue weighted by molar-refractivity contribution is 6.42. The van der Waals surface area contributed by atoms with Crippen molar-refractivity contribution in [2.45, 2.75) is 18.9 Å². The highest BCUT2D eigenvalue weighted by atomic mass is 35.5. The molecule has 1 saturated heterocycles. The number of aromatic nitrogens is 2. The summed E-state index contributed by atoms with van der Waals surface area (Å²) in [5.74, 6) is -0.616. The smallest absolute Gasteiger partial charge is 0.248 e. The molecule has 2 aromatic carbocycles. The van der Waals surface area contributed by atoms with Crippen molar-refractivity contribution in [1.29, 1.82) is 0 Å². The van der Waals surface area contributed by atoms with Crippen LogP contribution in [0.3, 0.4) is 0 Å². The van der Waals surface area contributed by atoms with Gasteiger partial charge in [0.2, 0.25) is 5.91 Å². The molecule has 3 N–H and O–H groups in total. The zero-order valence-electron chi connectivity index (χ0n) is 18.9. The molecule has 1 aromatic heterocycles. The van der Waals surface area contributed by atoms with Gasteiger partial charge in [0, 0.05) is 12.1 Å². The van der Waals surface area contributed by atoms with Gasteiger partial charge in [0.05, 0.1) is 38.9 Å².